The van der Waals surface area contributed by atoms with E-state index in [-0.39, 0.29) is 18.1 Å². The number of piperidine rings is 1. The van der Waals surface area contributed by atoms with Crippen molar-refractivity contribution >= 4 is 5.91 Å². The Morgan fingerprint density at radius 3 is 2.54 bits per heavy atom. The van der Waals surface area contributed by atoms with Crippen molar-refractivity contribution in [3.63, 3.8) is 0 Å². The molecule has 0 radical (unpaired) electrons. The molecule has 1 aliphatic carbocycles. The van der Waals surface area contributed by atoms with Crippen molar-refractivity contribution in [2.45, 2.75) is 63.6 Å². The van der Waals surface area contributed by atoms with Crippen LogP contribution in [0.1, 0.15) is 55.8 Å². The Bertz CT molecular complexity index is 637. The van der Waals surface area contributed by atoms with Gasteiger partial charge in [0, 0.05) is 32.3 Å². The fraction of sp³-hybridized carbons (Fsp3) is 0.682. The maximum Gasteiger partial charge on any atom is 0.255 e. The SMILES string of the molecule is COCC(C)NC(=O)c1cc(OC)ccc1OC1CCN(C2CCCC2)CC1. The van der Waals surface area contributed by atoms with E-state index in [1.54, 1.807) is 20.3 Å². The lowest BCUT2D eigenvalue weighted by Crippen LogP contribution is -2.43. The molecule has 1 aromatic rings. The van der Waals surface area contributed by atoms with Crippen LogP contribution in [-0.4, -0.2) is 62.9 Å². The fourth-order valence-electron chi connectivity index (χ4n) is 4.32. The Morgan fingerprint density at radius 2 is 1.89 bits per heavy atom. The molecule has 1 atom stereocenters. The van der Waals surface area contributed by atoms with E-state index in [2.05, 4.69) is 10.2 Å². The number of nitrogens with zero attached hydrogens (tertiary/aromatic N) is 1. The third-order valence-corrected chi connectivity index (χ3v) is 5.84. The van der Waals surface area contributed by atoms with Crippen LogP contribution in [-0.2, 0) is 4.74 Å². The summed E-state index contributed by atoms with van der Waals surface area (Å²) in [6, 6.07) is 6.13. The second-order valence-corrected chi connectivity index (χ2v) is 7.98. The molecule has 6 nitrogen and oxygen atoms in total. The molecule has 2 aliphatic rings. The van der Waals surface area contributed by atoms with Gasteiger partial charge in [0.05, 0.1) is 19.3 Å². The first kappa shape index (κ1) is 20.9. The molecule has 3 rings (SSSR count). The van der Waals surface area contributed by atoms with Gasteiger partial charge in [0.2, 0.25) is 0 Å². The van der Waals surface area contributed by atoms with Crippen LogP contribution >= 0.6 is 0 Å². The summed E-state index contributed by atoms with van der Waals surface area (Å²) in [5.41, 5.74) is 0.514. The van der Waals surface area contributed by atoms with Crippen molar-refractivity contribution in [2.75, 3.05) is 33.9 Å². The topological polar surface area (TPSA) is 60.0 Å². The predicted octanol–water partition coefficient (Wildman–Crippen LogP) is 3.25. The molecule has 1 saturated carbocycles. The Balaban J connectivity index is 1.63. The van der Waals surface area contributed by atoms with Gasteiger partial charge in [0.25, 0.3) is 5.91 Å². The Morgan fingerprint density at radius 1 is 1.18 bits per heavy atom. The molecule has 1 heterocycles. The number of carbonyl (C=O) groups excluding carboxylic acids is 1. The molecule has 1 aliphatic heterocycles. The molecule has 1 saturated heterocycles. The largest absolute Gasteiger partial charge is 0.497 e. The van der Waals surface area contributed by atoms with Crippen LogP contribution < -0.4 is 14.8 Å². The molecule has 1 N–H and O–H groups in total. The van der Waals surface area contributed by atoms with Gasteiger partial charge in [-0.25, -0.2) is 0 Å². The summed E-state index contributed by atoms with van der Waals surface area (Å²) < 4.78 is 16.7. The van der Waals surface area contributed by atoms with Crippen molar-refractivity contribution in [1.29, 1.82) is 0 Å². The van der Waals surface area contributed by atoms with Crippen LogP contribution in [0.2, 0.25) is 0 Å². The van der Waals surface area contributed by atoms with Gasteiger partial charge in [-0.1, -0.05) is 12.8 Å². The third kappa shape index (κ3) is 5.39. The van der Waals surface area contributed by atoms with Crippen LogP contribution in [0.25, 0.3) is 0 Å². The summed E-state index contributed by atoms with van der Waals surface area (Å²) in [7, 11) is 3.23. The highest BCUT2D eigenvalue weighted by Crippen LogP contribution is 2.30. The van der Waals surface area contributed by atoms with Crippen LogP contribution in [0, 0.1) is 0 Å². The number of hydrogen-bond acceptors (Lipinski definition) is 5. The number of likely N-dealkylation sites (tertiary alicyclic amines) is 1. The van der Waals surface area contributed by atoms with Gasteiger partial charge in [0.15, 0.2) is 0 Å². The minimum atomic E-state index is -0.165. The molecule has 0 bridgehead atoms. The lowest BCUT2D eigenvalue weighted by molar-refractivity contribution is 0.0745. The number of nitrogens with one attached hydrogen (secondary N) is 1. The number of benzene rings is 1. The molecule has 1 aromatic carbocycles. The first-order chi connectivity index (χ1) is 13.6. The number of amides is 1. The minimum absolute atomic E-state index is 0.0776. The van der Waals surface area contributed by atoms with Gasteiger partial charge in [-0.15, -0.1) is 0 Å². The standard InChI is InChI=1S/C22H34N2O4/c1-16(15-26-2)23-22(25)20-14-19(27-3)8-9-21(20)28-18-10-12-24(13-11-18)17-6-4-5-7-17/h8-9,14,16-18H,4-7,10-13,15H2,1-3H3,(H,23,25). The highest BCUT2D eigenvalue weighted by molar-refractivity contribution is 5.97. The molecule has 1 unspecified atom stereocenters. The average Bonchev–Trinajstić information content (AvgIpc) is 3.24. The number of ether oxygens (including phenoxy) is 3. The molecule has 1 amide bonds. The Labute approximate surface area is 168 Å². The number of rotatable bonds is 8. The first-order valence-electron chi connectivity index (χ1n) is 10.5. The van der Waals surface area contributed by atoms with Crippen LogP contribution in [0.3, 0.4) is 0 Å². The summed E-state index contributed by atoms with van der Waals surface area (Å²) in [6.45, 7) is 4.54. The molecule has 2 fully saturated rings. The normalized spacial score (nSPS) is 20.1. The molecule has 0 spiro atoms. The van der Waals surface area contributed by atoms with Crippen LogP contribution in [0.5, 0.6) is 11.5 Å². The van der Waals surface area contributed by atoms with Crippen molar-refractivity contribution in [3.05, 3.63) is 23.8 Å². The molecule has 156 valence electrons. The highest BCUT2D eigenvalue weighted by atomic mass is 16.5. The van der Waals surface area contributed by atoms with E-state index in [1.165, 1.54) is 25.7 Å². The zero-order valence-corrected chi connectivity index (χ0v) is 17.4. The highest BCUT2D eigenvalue weighted by Gasteiger charge is 2.28. The Kier molecular flexibility index (Phi) is 7.57. The van der Waals surface area contributed by atoms with E-state index in [4.69, 9.17) is 14.2 Å². The van der Waals surface area contributed by atoms with Gasteiger partial charge in [-0.05, 0) is 50.8 Å². The lowest BCUT2D eigenvalue weighted by Gasteiger charge is -2.36. The smallest absolute Gasteiger partial charge is 0.255 e. The van der Waals surface area contributed by atoms with E-state index in [9.17, 15) is 4.79 Å². The first-order valence-corrected chi connectivity index (χ1v) is 10.5. The van der Waals surface area contributed by atoms with Crippen molar-refractivity contribution in [1.82, 2.24) is 10.2 Å². The van der Waals surface area contributed by atoms with Crippen LogP contribution in [0.4, 0.5) is 0 Å². The van der Waals surface area contributed by atoms with E-state index >= 15 is 0 Å². The van der Waals surface area contributed by atoms with Crippen molar-refractivity contribution in [2.24, 2.45) is 0 Å². The Hall–Kier alpha value is -1.79. The monoisotopic (exact) mass is 390 g/mol. The quantitative estimate of drug-likeness (QED) is 0.738. The van der Waals surface area contributed by atoms with Gasteiger partial charge < -0.3 is 24.4 Å². The van der Waals surface area contributed by atoms with E-state index in [0.717, 1.165) is 32.0 Å². The summed E-state index contributed by atoms with van der Waals surface area (Å²) in [5, 5.41) is 2.96. The summed E-state index contributed by atoms with van der Waals surface area (Å²) in [4.78, 5) is 15.4. The van der Waals surface area contributed by atoms with E-state index in [1.807, 2.05) is 19.1 Å². The fourth-order valence-corrected chi connectivity index (χ4v) is 4.32. The van der Waals surface area contributed by atoms with E-state index in [0.29, 0.717) is 23.7 Å². The molecular formula is C22H34N2O4. The maximum atomic E-state index is 12.8. The lowest BCUT2D eigenvalue weighted by atomic mass is 10.0. The van der Waals surface area contributed by atoms with Crippen molar-refractivity contribution in [3.8, 4) is 11.5 Å². The van der Waals surface area contributed by atoms with Crippen molar-refractivity contribution < 1.29 is 19.0 Å². The molecular weight excluding hydrogens is 356 g/mol. The summed E-state index contributed by atoms with van der Waals surface area (Å²) >= 11 is 0. The summed E-state index contributed by atoms with van der Waals surface area (Å²) in [6.07, 6.45) is 7.57. The maximum absolute atomic E-state index is 12.8. The number of methoxy groups -OCH3 is 2. The zero-order chi connectivity index (χ0) is 19.9. The second kappa shape index (κ2) is 10.1. The third-order valence-electron chi connectivity index (χ3n) is 5.84. The summed E-state index contributed by atoms with van der Waals surface area (Å²) in [5.74, 6) is 1.11. The average molecular weight is 391 g/mol. The van der Waals surface area contributed by atoms with Crippen LogP contribution in [0.15, 0.2) is 18.2 Å². The second-order valence-electron chi connectivity index (χ2n) is 7.98. The van der Waals surface area contributed by atoms with E-state index < -0.39 is 0 Å². The van der Waals surface area contributed by atoms with Gasteiger partial charge in [0.1, 0.15) is 17.6 Å². The number of hydrogen-bond donors (Lipinski definition) is 1. The predicted molar refractivity (Wildman–Crippen MR) is 109 cm³/mol. The van der Waals surface area contributed by atoms with Gasteiger partial charge in [-0.2, -0.15) is 0 Å². The molecule has 6 heteroatoms. The zero-order valence-electron chi connectivity index (χ0n) is 17.4. The molecule has 0 aromatic heterocycles. The van der Waals surface area contributed by atoms with Gasteiger partial charge >= 0.3 is 0 Å². The number of carbonyl (C=O) groups is 1. The minimum Gasteiger partial charge on any atom is -0.497 e. The molecule has 28 heavy (non-hydrogen) atoms. The van der Waals surface area contributed by atoms with Gasteiger partial charge in [-0.3, -0.25) is 4.79 Å².